The van der Waals surface area contributed by atoms with Gasteiger partial charge in [0, 0.05) is 6.54 Å². The Kier molecular flexibility index (Phi) is 4.52. The maximum Gasteiger partial charge on any atom is 0.340 e. The molecule has 0 saturated carbocycles. The number of benzene rings is 1. The highest BCUT2D eigenvalue weighted by atomic mass is 32.2. The minimum Gasteiger partial charge on any atom is -0.478 e. The Bertz CT molecular complexity index is 476. The molecule has 0 amide bonds. The summed E-state index contributed by atoms with van der Waals surface area (Å²) >= 11 is 1.94. The van der Waals surface area contributed by atoms with Gasteiger partial charge in [-0.2, -0.15) is 11.8 Å². The van der Waals surface area contributed by atoms with Crippen LogP contribution in [0.5, 0.6) is 0 Å². The van der Waals surface area contributed by atoms with Crippen LogP contribution in [0, 0.1) is 11.7 Å². The number of aromatic carboxylic acids is 1. The van der Waals surface area contributed by atoms with Gasteiger partial charge in [0.1, 0.15) is 11.4 Å². The van der Waals surface area contributed by atoms with Crippen LogP contribution in [0.15, 0.2) is 12.1 Å². The Labute approximate surface area is 115 Å². The van der Waals surface area contributed by atoms with Crippen molar-refractivity contribution < 1.29 is 14.3 Å². The van der Waals surface area contributed by atoms with Gasteiger partial charge in [0.2, 0.25) is 0 Å². The van der Waals surface area contributed by atoms with E-state index in [4.69, 9.17) is 10.8 Å². The molecule has 0 radical (unpaired) electrons. The van der Waals surface area contributed by atoms with Gasteiger partial charge in [0.05, 0.1) is 11.4 Å². The molecule has 1 saturated heterocycles. The molecule has 2 rings (SSSR count). The van der Waals surface area contributed by atoms with Crippen molar-refractivity contribution in [3.8, 4) is 0 Å². The van der Waals surface area contributed by atoms with Crippen LogP contribution in [-0.4, -0.2) is 29.1 Å². The zero-order valence-electron chi connectivity index (χ0n) is 10.5. The molecule has 0 spiro atoms. The summed E-state index contributed by atoms with van der Waals surface area (Å²) in [6.45, 7) is 0.700. The Morgan fingerprint density at radius 2 is 2.16 bits per heavy atom. The molecule has 1 aromatic carbocycles. The van der Waals surface area contributed by atoms with Crippen molar-refractivity contribution in [1.29, 1.82) is 0 Å². The minimum atomic E-state index is -1.21. The van der Waals surface area contributed by atoms with E-state index in [1.165, 1.54) is 12.1 Å². The molecule has 0 bridgehead atoms. The van der Waals surface area contributed by atoms with E-state index in [0.717, 1.165) is 24.3 Å². The molecule has 0 unspecified atom stereocenters. The lowest BCUT2D eigenvalue weighted by molar-refractivity contribution is 0.0698. The maximum atomic E-state index is 13.3. The van der Waals surface area contributed by atoms with E-state index >= 15 is 0 Å². The first-order chi connectivity index (χ1) is 9.09. The van der Waals surface area contributed by atoms with Crippen molar-refractivity contribution in [3.05, 3.63) is 23.5 Å². The van der Waals surface area contributed by atoms with Crippen LogP contribution in [0.2, 0.25) is 0 Å². The summed E-state index contributed by atoms with van der Waals surface area (Å²) in [6, 6.07) is 2.63. The zero-order valence-corrected chi connectivity index (χ0v) is 11.3. The number of halogens is 1. The first-order valence-electron chi connectivity index (χ1n) is 6.22. The van der Waals surface area contributed by atoms with Crippen molar-refractivity contribution in [3.63, 3.8) is 0 Å². The van der Waals surface area contributed by atoms with Crippen LogP contribution >= 0.6 is 11.8 Å². The third kappa shape index (κ3) is 3.32. The topological polar surface area (TPSA) is 75.3 Å². The Morgan fingerprint density at radius 3 is 2.79 bits per heavy atom. The van der Waals surface area contributed by atoms with E-state index in [1.54, 1.807) is 0 Å². The number of carboxylic acids is 1. The SMILES string of the molecule is Nc1c(F)ccc(NCC2CCSCC2)c1C(=O)O. The smallest absolute Gasteiger partial charge is 0.340 e. The number of rotatable bonds is 4. The summed E-state index contributed by atoms with van der Waals surface area (Å²) < 4.78 is 13.3. The normalized spacial score (nSPS) is 16.3. The summed E-state index contributed by atoms with van der Waals surface area (Å²) in [6.07, 6.45) is 2.24. The highest BCUT2D eigenvalue weighted by molar-refractivity contribution is 7.99. The molecule has 4 N–H and O–H groups in total. The fraction of sp³-hybridized carbons (Fsp3) is 0.462. The zero-order chi connectivity index (χ0) is 13.8. The predicted molar refractivity (Wildman–Crippen MR) is 76.3 cm³/mol. The van der Waals surface area contributed by atoms with Crippen LogP contribution in [0.3, 0.4) is 0 Å². The average Bonchev–Trinajstić information content (AvgIpc) is 2.41. The molecule has 19 heavy (non-hydrogen) atoms. The van der Waals surface area contributed by atoms with Crippen LogP contribution < -0.4 is 11.1 Å². The van der Waals surface area contributed by atoms with Gasteiger partial charge in [-0.25, -0.2) is 9.18 Å². The van der Waals surface area contributed by atoms with Crippen LogP contribution in [0.25, 0.3) is 0 Å². The third-order valence-electron chi connectivity index (χ3n) is 3.33. The highest BCUT2D eigenvalue weighted by Gasteiger charge is 2.19. The molecule has 104 valence electrons. The number of carbonyl (C=O) groups is 1. The third-order valence-corrected chi connectivity index (χ3v) is 4.38. The molecule has 0 atom stereocenters. The van der Waals surface area contributed by atoms with Gasteiger partial charge < -0.3 is 16.2 Å². The molecule has 0 aliphatic carbocycles. The van der Waals surface area contributed by atoms with Crippen molar-refractivity contribution in [1.82, 2.24) is 0 Å². The fourth-order valence-electron chi connectivity index (χ4n) is 2.18. The summed E-state index contributed by atoms with van der Waals surface area (Å²) in [5, 5.41) is 12.2. The van der Waals surface area contributed by atoms with Gasteiger partial charge in [0.25, 0.3) is 0 Å². The Hall–Kier alpha value is -1.43. The van der Waals surface area contributed by atoms with E-state index < -0.39 is 11.8 Å². The lowest BCUT2D eigenvalue weighted by Gasteiger charge is -2.22. The standard InChI is InChI=1S/C13H17FN2O2S/c14-9-1-2-10(11(12(9)15)13(17)18)16-7-8-3-5-19-6-4-8/h1-2,8,16H,3-7,15H2,(H,17,18). The molecule has 1 aliphatic rings. The lowest BCUT2D eigenvalue weighted by atomic mass is 10.0. The molecule has 1 aromatic rings. The number of thioether (sulfide) groups is 1. The maximum absolute atomic E-state index is 13.3. The second-order valence-corrected chi connectivity index (χ2v) is 5.85. The second kappa shape index (κ2) is 6.14. The average molecular weight is 284 g/mol. The van der Waals surface area contributed by atoms with Gasteiger partial charge in [0.15, 0.2) is 0 Å². The van der Waals surface area contributed by atoms with Gasteiger partial charge >= 0.3 is 5.97 Å². The molecule has 1 heterocycles. The van der Waals surface area contributed by atoms with Crippen LogP contribution in [0.4, 0.5) is 15.8 Å². The number of hydrogen-bond acceptors (Lipinski definition) is 4. The van der Waals surface area contributed by atoms with Crippen molar-refractivity contribution in [2.24, 2.45) is 5.92 Å². The molecular formula is C13H17FN2O2S. The molecule has 1 fully saturated rings. The van der Waals surface area contributed by atoms with E-state index in [1.807, 2.05) is 11.8 Å². The van der Waals surface area contributed by atoms with Gasteiger partial charge in [-0.05, 0) is 42.4 Å². The van der Waals surface area contributed by atoms with E-state index in [9.17, 15) is 9.18 Å². The van der Waals surface area contributed by atoms with Gasteiger partial charge in [-0.15, -0.1) is 0 Å². The summed E-state index contributed by atoms with van der Waals surface area (Å²) in [5.74, 6) is 0.915. The monoisotopic (exact) mass is 284 g/mol. The fourth-order valence-corrected chi connectivity index (χ4v) is 3.38. The Balaban J connectivity index is 2.11. The lowest BCUT2D eigenvalue weighted by Crippen LogP contribution is -2.20. The van der Waals surface area contributed by atoms with E-state index in [-0.39, 0.29) is 11.3 Å². The van der Waals surface area contributed by atoms with Crippen molar-refractivity contribution in [2.45, 2.75) is 12.8 Å². The summed E-state index contributed by atoms with van der Waals surface area (Å²) in [4.78, 5) is 11.2. The van der Waals surface area contributed by atoms with Crippen LogP contribution in [0.1, 0.15) is 23.2 Å². The van der Waals surface area contributed by atoms with Gasteiger partial charge in [-0.3, -0.25) is 0 Å². The van der Waals surface area contributed by atoms with Gasteiger partial charge in [-0.1, -0.05) is 0 Å². The summed E-state index contributed by atoms with van der Waals surface area (Å²) in [5.41, 5.74) is 5.40. The first kappa shape index (κ1) is 14.0. The number of anilines is 2. The predicted octanol–water partition coefficient (Wildman–Crippen LogP) is 2.66. The number of carboxylic acid groups (broad SMARTS) is 1. The first-order valence-corrected chi connectivity index (χ1v) is 7.38. The minimum absolute atomic E-state index is 0.176. The molecule has 1 aliphatic heterocycles. The summed E-state index contributed by atoms with van der Waals surface area (Å²) in [7, 11) is 0. The number of nitrogens with two attached hydrogens (primary N) is 1. The van der Waals surface area contributed by atoms with E-state index in [0.29, 0.717) is 18.2 Å². The number of nitrogen functional groups attached to an aromatic ring is 1. The highest BCUT2D eigenvalue weighted by Crippen LogP contribution is 2.27. The molecule has 0 aromatic heterocycles. The molecular weight excluding hydrogens is 267 g/mol. The quantitative estimate of drug-likeness (QED) is 0.741. The Morgan fingerprint density at radius 1 is 1.47 bits per heavy atom. The second-order valence-electron chi connectivity index (χ2n) is 4.63. The van der Waals surface area contributed by atoms with Crippen LogP contribution in [-0.2, 0) is 0 Å². The number of nitrogens with one attached hydrogen (secondary N) is 1. The molecule has 6 heteroatoms. The van der Waals surface area contributed by atoms with E-state index in [2.05, 4.69) is 5.32 Å². The van der Waals surface area contributed by atoms with Crippen molar-refractivity contribution in [2.75, 3.05) is 29.1 Å². The van der Waals surface area contributed by atoms with Crippen molar-refractivity contribution >= 4 is 29.1 Å². The number of hydrogen-bond donors (Lipinski definition) is 3. The largest absolute Gasteiger partial charge is 0.478 e. The molecule has 4 nitrogen and oxygen atoms in total.